The third-order valence-electron chi connectivity index (χ3n) is 3.21. The van der Waals surface area contributed by atoms with Crippen LogP contribution in [0.4, 0.5) is 0 Å². The second kappa shape index (κ2) is 4.88. The number of hydrogen-bond acceptors (Lipinski definition) is 2. The molecule has 1 aromatic heterocycles. The van der Waals surface area contributed by atoms with Crippen molar-refractivity contribution in [3.05, 3.63) is 40.8 Å². The number of nitrogens with zero attached hydrogens (tertiary/aromatic N) is 2. The fourth-order valence-corrected chi connectivity index (χ4v) is 2.52. The molecule has 0 amide bonds. The summed E-state index contributed by atoms with van der Waals surface area (Å²) in [6.07, 6.45) is 1.81. The van der Waals surface area contributed by atoms with Crippen molar-refractivity contribution < 1.29 is 9.90 Å². The van der Waals surface area contributed by atoms with E-state index >= 15 is 0 Å². The highest BCUT2D eigenvalue weighted by Crippen LogP contribution is 2.27. The first-order valence-corrected chi connectivity index (χ1v) is 6.22. The van der Waals surface area contributed by atoms with E-state index in [1.165, 1.54) is 5.56 Å². The fourth-order valence-electron chi connectivity index (χ4n) is 2.52. The Hall–Kier alpha value is -2.10. The van der Waals surface area contributed by atoms with Crippen molar-refractivity contribution in [3.63, 3.8) is 0 Å². The molecule has 0 saturated carbocycles. The van der Waals surface area contributed by atoms with Crippen LogP contribution in [-0.4, -0.2) is 20.6 Å². The van der Waals surface area contributed by atoms with Crippen LogP contribution in [0.25, 0.3) is 11.3 Å². The van der Waals surface area contributed by atoms with Crippen LogP contribution in [0.3, 0.4) is 0 Å². The van der Waals surface area contributed by atoms with Gasteiger partial charge in [-0.05, 0) is 38.8 Å². The van der Waals surface area contributed by atoms with E-state index in [0.29, 0.717) is 0 Å². The van der Waals surface area contributed by atoms with Gasteiger partial charge in [-0.3, -0.25) is 4.79 Å². The van der Waals surface area contributed by atoms with Crippen LogP contribution in [-0.2, 0) is 11.3 Å². The maximum Gasteiger partial charge on any atom is 0.323 e. The molecular weight excluding hydrogens is 240 g/mol. The van der Waals surface area contributed by atoms with Gasteiger partial charge in [0.25, 0.3) is 0 Å². The molecule has 0 radical (unpaired) electrons. The van der Waals surface area contributed by atoms with E-state index in [1.54, 1.807) is 4.57 Å². The molecule has 0 unspecified atom stereocenters. The zero-order valence-electron chi connectivity index (χ0n) is 11.7. The van der Waals surface area contributed by atoms with Gasteiger partial charge in [0.05, 0.1) is 5.69 Å². The van der Waals surface area contributed by atoms with Gasteiger partial charge in [-0.25, -0.2) is 4.98 Å². The lowest BCUT2D eigenvalue weighted by molar-refractivity contribution is -0.137. The topological polar surface area (TPSA) is 55.1 Å². The summed E-state index contributed by atoms with van der Waals surface area (Å²) < 4.78 is 1.66. The Balaban J connectivity index is 2.51. The third kappa shape index (κ3) is 2.67. The highest BCUT2D eigenvalue weighted by atomic mass is 16.4. The molecule has 0 bridgehead atoms. The van der Waals surface area contributed by atoms with Gasteiger partial charge in [0.15, 0.2) is 0 Å². The van der Waals surface area contributed by atoms with Crippen molar-refractivity contribution in [1.82, 2.24) is 9.55 Å². The van der Waals surface area contributed by atoms with Crippen LogP contribution in [0.15, 0.2) is 18.3 Å². The third-order valence-corrected chi connectivity index (χ3v) is 3.21. The van der Waals surface area contributed by atoms with Gasteiger partial charge in [0.2, 0.25) is 0 Å². The maximum atomic E-state index is 10.8. The molecule has 1 N–H and O–H groups in total. The molecule has 0 spiro atoms. The standard InChI is InChI=1S/C15H18N2O2/c1-9-5-10(2)15(11(3)6-9)13-7-17(8-14(18)19)12(4)16-13/h5-7H,8H2,1-4H3,(H,18,19). The Labute approximate surface area is 112 Å². The number of carbonyl (C=O) groups is 1. The number of imidazole rings is 1. The van der Waals surface area contributed by atoms with Crippen LogP contribution in [0, 0.1) is 27.7 Å². The SMILES string of the molecule is Cc1cc(C)c(-c2cn(CC(=O)O)c(C)n2)c(C)c1. The summed E-state index contributed by atoms with van der Waals surface area (Å²) in [4.78, 5) is 15.3. The molecule has 4 heteroatoms. The lowest BCUT2D eigenvalue weighted by Crippen LogP contribution is -2.08. The van der Waals surface area contributed by atoms with Crippen LogP contribution >= 0.6 is 0 Å². The molecule has 1 aromatic carbocycles. The van der Waals surface area contributed by atoms with E-state index in [0.717, 1.165) is 28.2 Å². The van der Waals surface area contributed by atoms with Crippen molar-refractivity contribution in [2.45, 2.75) is 34.2 Å². The number of carboxylic acid groups (broad SMARTS) is 1. The molecule has 4 nitrogen and oxygen atoms in total. The predicted molar refractivity (Wildman–Crippen MR) is 74.2 cm³/mol. The summed E-state index contributed by atoms with van der Waals surface area (Å²) in [5.41, 5.74) is 5.49. The number of rotatable bonds is 3. The summed E-state index contributed by atoms with van der Waals surface area (Å²) in [5.74, 6) is -0.138. The Bertz CT molecular complexity index is 619. The number of aliphatic carboxylic acids is 1. The highest BCUT2D eigenvalue weighted by molar-refractivity contribution is 5.69. The van der Waals surface area contributed by atoms with E-state index in [9.17, 15) is 4.79 Å². The lowest BCUT2D eigenvalue weighted by Gasteiger charge is -2.08. The lowest BCUT2D eigenvalue weighted by atomic mass is 9.98. The molecule has 0 aliphatic heterocycles. The predicted octanol–water partition coefficient (Wildman–Crippen LogP) is 2.87. The molecule has 0 fully saturated rings. The van der Waals surface area contributed by atoms with E-state index < -0.39 is 5.97 Å². The van der Waals surface area contributed by atoms with E-state index in [2.05, 4.69) is 37.9 Å². The van der Waals surface area contributed by atoms with Crippen LogP contribution in [0.1, 0.15) is 22.5 Å². The molecule has 0 atom stereocenters. The largest absolute Gasteiger partial charge is 0.480 e. The highest BCUT2D eigenvalue weighted by Gasteiger charge is 2.13. The second-order valence-electron chi connectivity index (χ2n) is 4.97. The maximum absolute atomic E-state index is 10.8. The fraction of sp³-hybridized carbons (Fsp3) is 0.333. The minimum absolute atomic E-state index is 0.0528. The minimum Gasteiger partial charge on any atom is -0.480 e. The average molecular weight is 258 g/mol. The van der Waals surface area contributed by atoms with Crippen molar-refractivity contribution >= 4 is 5.97 Å². The summed E-state index contributed by atoms with van der Waals surface area (Å²) in [6.45, 7) is 7.95. The normalized spacial score (nSPS) is 10.7. The van der Waals surface area contributed by atoms with Crippen molar-refractivity contribution in [2.75, 3.05) is 0 Å². The molecule has 1 heterocycles. The first-order chi connectivity index (χ1) is 8.88. The van der Waals surface area contributed by atoms with Crippen molar-refractivity contribution in [3.8, 4) is 11.3 Å². The monoisotopic (exact) mass is 258 g/mol. The molecule has 100 valence electrons. The number of aromatic nitrogens is 2. The molecule has 0 aliphatic rings. The molecular formula is C15H18N2O2. The Morgan fingerprint density at radius 1 is 1.21 bits per heavy atom. The summed E-state index contributed by atoms with van der Waals surface area (Å²) >= 11 is 0. The number of aryl methyl sites for hydroxylation is 4. The first kappa shape index (κ1) is 13.3. The van der Waals surface area contributed by atoms with Gasteiger partial charge in [-0.1, -0.05) is 17.7 Å². The summed E-state index contributed by atoms with van der Waals surface area (Å²) in [6, 6.07) is 4.24. The van der Waals surface area contributed by atoms with Gasteiger partial charge in [-0.2, -0.15) is 0 Å². The zero-order valence-corrected chi connectivity index (χ0v) is 11.7. The zero-order chi connectivity index (χ0) is 14.2. The summed E-state index contributed by atoms with van der Waals surface area (Å²) in [7, 11) is 0. The number of carboxylic acids is 1. The summed E-state index contributed by atoms with van der Waals surface area (Å²) in [5, 5.41) is 8.87. The van der Waals surface area contributed by atoms with Crippen LogP contribution < -0.4 is 0 Å². The molecule has 2 aromatic rings. The molecule has 2 rings (SSSR count). The van der Waals surface area contributed by atoms with Crippen molar-refractivity contribution in [1.29, 1.82) is 0 Å². The van der Waals surface area contributed by atoms with Gasteiger partial charge in [0, 0.05) is 11.8 Å². The van der Waals surface area contributed by atoms with Crippen molar-refractivity contribution in [2.24, 2.45) is 0 Å². The number of hydrogen-bond donors (Lipinski definition) is 1. The molecule has 0 aliphatic carbocycles. The quantitative estimate of drug-likeness (QED) is 0.921. The smallest absolute Gasteiger partial charge is 0.323 e. The van der Waals surface area contributed by atoms with E-state index in [-0.39, 0.29) is 6.54 Å². The van der Waals surface area contributed by atoms with Crippen LogP contribution in [0.5, 0.6) is 0 Å². The Morgan fingerprint density at radius 3 is 2.32 bits per heavy atom. The average Bonchev–Trinajstić information content (AvgIpc) is 2.57. The van der Waals surface area contributed by atoms with E-state index in [1.807, 2.05) is 13.1 Å². The second-order valence-corrected chi connectivity index (χ2v) is 4.97. The van der Waals surface area contributed by atoms with Gasteiger partial charge >= 0.3 is 5.97 Å². The minimum atomic E-state index is -0.857. The van der Waals surface area contributed by atoms with E-state index in [4.69, 9.17) is 5.11 Å². The molecule has 0 saturated heterocycles. The first-order valence-electron chi connectivity index (χ1n) is 6.22. The molecule has 19 heavy (non-hydrogen) atoms. The number of benzene rings is 1. The Kier molecular flexibility index (Phi) is 3.42. The van der Waals surface area contributed by atoms with Crippen LogP contribution in [0.2, 0.25) is 0 Å². The van der Waals surface area contributed by atoms with Gasteiger partial charge in [-0.15, -0.1) is 0 Å². The Morgan fingerprint density at radius 2 is 1.79 bits per heavy atom. The van der Waals surface area contributed by atoms with Gasteiger partial charge in [0.1, 0.15) is 12.4 Å². The van der Waals surface area contributed by atoms with Gasteiger partial charge < -0.3 is 9.67 Å².